The highest BCUT2D eigenvalue weighted by Crippen LogP contribution is 2.60. The number of rotatable bonds is 16. The van der Waals surface area contributed by atoms with Gasteiger partial charge in [0.25, 0.3) is 23.4 Å². The first-order valence-corrected chi connectivity index (χ1v) is 41.1. The number of aromatic nitrogens is 6. The maximum Gasteiger partial charge on any atom is 0.530 e. The van der Waals surface area contributed by atoms with Gasteiger partial charge in [0.15, 0.2) is 48.1 Å². The molecule has 20 atom stereocenters. The number of hydrogen-bond acceptors (Lipinski definition) is 36. The Hall–Kier alpha value is -7.89. The predicted octanol–water partition coefficient (Wildman–Crippen LogP) is 7.06. The number of aliphatic hydroxyl groups is 8. The Balaban J connectivity index is 0.000000144. The van der Waals surface area contributed by atoms with Gasteiger partial charge in [0.1, 0.15) is 123 Å². The maximum atomic E-state index is 15.8. The van der Waals surface area contributed by atoms with Gasteiger partial charge in [0.2, 0.25) is 0 Å². The average Bonchev–Trinajstić information content (AvgIpc) is 1.57. The van der Waals surface area contributed by atoms with E-state index in [0.29, 0.717) is 61.1 Å². The van der Waals surface area contributed by atoms with Crippen molar-refractivity contribution >= 4 is 85.2 Å². The van der Waals surface area contributed by atoms with Gasteiger partial charge < -0.3 is 88.1 Å². The van der Waals surface area contributed by atoms with Crippen LogP contribution in [-0.4, -0.2) is 184 Å². The SMILES string of the molecule is O=c1[nH]c(=S)c(F)cn1[C@@H]1O[C@](F)(COP2(=O)OCc3ccccc3O2)[C@@H](O)[C@H]1O.[2H]C([2H])(OP1(=O)OCc2ccccc2O1)[C@@]1(F)O[C@@H](n2cc(F)c(=S)[nH]c2=O)[C@H](O)[C@@H]1O.[2H]C([2H])(OP1(=O)OCc2ccccc2O1)[C@@]1(F)O[C@@]([2H])(N2C=C(F)C(=S)NC2=C)[C@H](O)[C@@H]1O.[2H][C@@]1(n2cc(F)c(=S)[nH]c2=O)O[C@](F)(COP2(=O)OCc3ccccc3O2)[C@@H](O)[C@H]1O. The van der Waals surface area contributed by atoms with Crippen LogP contribution in [0.1, 0.15) is 49.1 Å². The van der Waals surface area contributed by atoms with E-state index in [9.17, 15) is 91.1 Å². The number of phosphoric acid groups is 4. The summed E-state index contributed by atoms with van der Waals surface area (Å²) < 4.78 is 295. The van der Waals surface area contributed by atoms with Crippen LogP contribution in [-0.2, 0) is 99.8 Å². The topological polar surface area (TPSA) is 506 Å². The number of halogens is 8. The third-order valence-electron chi connectivity index (χ3n) is 17.6. The largest absolute Gasteiger partial charge is 0.530 e. The van der Waals surface area contributed by atoms with Crippen LogP contribution in [0.4, 0.5) is 35.1 Å². The van der Waals surface area contributed by atoms with Gasteiger partial charge in [0, 0.05) is 28.5 Å². The molecule has 4 saturated heterocycles. The molecule has 4 fully saturated rings. The first kappa shape index (κ1) is 81.8. The van der Waals surface area contributed by atoms with Crippen molar-refractivity contribution in [2.75, 3.05) is 26.3 Å². The lowest BCUT2D eigenvalue weighted by molar-refractivity contribution is -0.207. The fourth-order valence-electron chi connectivity index (χ4n) is 11.4. The van der Waals surface area contributed by atoms with Gasteiger partial charge in [-0.2, -0.15) is 0 Å². The van der Waals surface area contributed by atoms with Crippen LogP contribution < -0.4 is 40.5 Å². The number of fused-ring (bicyclic) bond motifs is 4. The minimum Gasteiger partial charge on any atom is -0.404 e. The van der Waals surface area contributed by atoms with E-state index in [0.717, 1.165) is 0 Å². The molecule has 0 saturated carbocycles. The summed E-state index contributed by atoms with van der Waals surface area (Å²) in [7, 11) is -18.2. The number of aromatic amines is 3. The highest BCUT2D eigenvalue weighted by atomic mass is 32.1. The summed E-state index contributed by atoms with van der Waals surface area (Å²) in [5, 5.41) is 83.9. The van der Waals surface area contributed by atoms with E-state index in [-0.39, 0.29) is 59.8 Å². The Labute approximate surface area is 694 Å². The van der Waals surface area contributed by atoms with Crippen molar-refractivity contribution in [3.63, 3.8) is 0 Å². The lowest BCUT2D eigenvalue weighted by Gasteiger charge is -2.34. The van der Waals surface area contributed by atoms with Gasteiger partial charge in [-0.15, -0.1) is 0 Å². The summed E-state index contributed by atoms with van der Waals surface area (Å²) in [4.78, 5) is 41.9. The van der Waals surface area contributed by atoms with Gasteiger partial charge in [-0.25, -0.2) is 67.8 Å². The Morgan fingerprint density at radius 3 is 1.16 bits per heavy atom. The lowest BCUT2D eigenvalue weighted by Crippen LogP contribution is -2.47. The van der Waals surface area contributed by atoms with Gasteiger partial charge in [0.05, 0.1) is 53.2 Å². The summed E-state index contributed by atoms with van der Waals surface area (Å²) in [6.07, 6.45) is -27.2. The quantitative estimate of drug-likeness (QED) is 0.0261. The summed E-state index contributed by atoms with van der Waals surface area (Å²) in [5.41, 5.74) is -1.27. The normalized spacial score (nSPS) is 36.1. The van der Waals surface area contributed by atoms with Crippen LogP contribution in [0.2, 0.25) is 0 Å². The number of phosphoric ester groups is 4. The molecule has 16 rings (SSSR count). The zero-order valence-electron chi connectivity index (χ0n) is 65.5. The molecule has 39 nitrogen and oxygen atoms in total. The summed E-state index contributed by atoms with van der Waals surface area (Å²) in [6.45, 7) is -7.51. The van der Waals surface area contributed by atoms with Crippen LogP contribution >= 0.6 is 80.2 Å². The van der Waals surface area contributed by atoms with Crippen molar-refractivity contribution in [1.82, 2.24) is 38.9 Å². The van der Waals surface area contributed by atoms with Gasteiger partial charge >= 0.3 is 48.4 Å². The maximum absolute atomic E-state index is 15.8. The zero-order valence-corrected chi connectivity index (χ0v) is 66.3. The third-order valence-corrected chi connectivity index (χ3v) is 23.7. The number of H-pyrrole nitrogens is 3. The number of benzene rings is 4. The molecule has 3 aromatic heterocycles. The van der Waals surface area contributed by atoms with Crippen LogP contribution in [0.5, 0.6) is 23.0 Å². The second kappa shape index (κ2) is 35.0. The van der Waals surface area contributed by atoms with E-state index in [1.54, 1.807) is 60.7 Å². The van der Waals surface area contributed by atoms with E-state index >= 15 is 17.6 Å². The van der Waals surface area contributed by atoms with Crippen molar-refractivity contribution in [3.05, 3.63) is 225 Å². The van der Waals surface area contributed by atoms with E-state index < -0.39 is 214 Å². The molecule has 12 N–H and O–H groups in total. The van der Waals surface area contributed by atoms with Crippen LogP contribution in [0.25, 0.3) is 0 Å². The Kier molecular flexibility index (Phi) is 23.9. The van der Waals surface area contributed by atoms with Crippen molar-refractivity contribution in [1.29, 1.82) is 0 Å². The Bertz CT molecular complexity index is 6120. The summed E-state index contributed by atoms with van der Waals surface area (Å²) in [6, 6.07) is 25.2. The molecule has 9 aliphatic heterocycles. The van der Waals surface area contributed by atoms with E-state index in [1.807, 2.05) is 15.0 Å². The molecule has 648 valence electrons. The molecule has 9 aliphatic rings. The minimum atomic E-state index is -4.79. The fourth-order valence-corrected chi connectivity index (χ4v) is 16.6. The van der Waals surface area contributed by atoms with Crippen molar-refractivity contribution in [2.45, 2.75) is 124 Å². The molecule has 0 aliphatic carbocycles. The molecule has 7 aromatic rings. The first-order valence-electron chi connectivity index (χ1n) is 36.6. The number of thiocarbonyl (C=S) groups is 1. The fraction of sp³-hybridized carbons (Fsp3) is 0.369. The van der Waals surface area contributed by atoms with Gasteiger partial charge in [-0.1, -0.05) is 128 Å². The summed E-state index contributed by atoms with van der Waals surface area (Å²) in [5.74, 6) is -18.6. The molecular formula is C65H62F8N8O31P4S4. The molecule has 12 heterocycles. The predicted molar refractivity (Wildman–Crippen MR) is 394 cm³/mol. The van der Waals surface area contributed by atoms with E-state index in [4.69, 9.17) is 76.9 Å². The second-order valence-corrected chi connectivity index (χ2v) is 33.5. The van der Waals surface area contributed by atoms with E-state index in [2.05, 4.69) is 65.3 Å². The number of para-hydroxylation sites is 4. The van der Waals surface area contributed by atoms with Crippen molar-refractivity contribution in [2.24, 2.45) is 0 Å². The lowest BCUT2D eigenvalue weighted by atomic mass is 10.1. The summed E-state index contributed by atoms with van der Waals surface area (Å²) >= 11 is 18.4. The Morgan fingerprint density at radius 2 is 0.758 bits per heavy atom. The number of ether oxygens (including phenoxy) is 4. The zero-order chi connectivity index (χ0) is 92.2. The molecule has 4 aromatic carbocycles. The highest BCUT2D eigenvalue weighted by molar-refractivity contribution is 7.80. The van der Waals surface area contributed by atoms with Crippen LogP contribution in [0.15, 0.2) is 154 Å². The first-order chi connectivity index (χ1) is 58.7. The molecular weight excluding hydrogens is 1790 g/mol. The van der Waals surface area contributed by atoms with Crippen LogP contribution in [0.3, 0.4) is 0 Å². The number of alkyl halides is 4. The van der Waals surface area contributed by atoms with Gasteiger partial charge in [-0.05, 0) is 24.3 Å². The third kappa shape index (κ3) is 18.8. The molecule has 120 heavy (non-hydrogen) atoms. The van der Waals surface area contributed by atoms with Crippen molar-refractivity contribution in [3.8, 4) is 23.0 Å². The van der Waals surface area contributed by atoms with Crippen LogP contribution in [0, 0.1) is 31.4 Å². The molecule has 55 heteroatoms. The molecule has 0 radical (unpaired) electrons. The van der Waals surface area contributed by atoms with Crippen molar-refractivity contribution < 1.29 is 176 Å². The monoisotopic (exact) mass is 1860 g/mol. The average molecular weight is 1860 g/mol. The van der Waals surface area contributed by atoms with Gasteiger partial charge in [-0.3, -0.25) is 64.8 Å². The number of hydrogen-bond donors (Lipinski definition) is 12. The molecule has 0 spiro atoms. The number of nitrogens with zero attached hydrogens (tertiary/aromatic N) is 4. The minimum absolute atomic E-state index is 0.0332. The highest BCUT2D eigenvalue weighted by Gasteiger charge is 2.62. The number of nitrogens with one attached hydrogen (secondary N) is 4. The molecule has 4 unspecified atom stereocenters. The molecule has 0 bridgehead atoms. The second-order valence-electron chi connectivity index (χ2n) is 25.7. The smallest absolute Gasteiger partial charge is 0.404 e. The molecule has 0 amide bonds. The standard InChI is InChI=1S/C17H17F2N2O7PS.3C16H15F2N2O8PS/c1-9-20-15(30)11(18)6-21(9)16-13(22)14(23)17(19,27-16)8-26-29(24)25-7-10-4-2-3-5-12(10)28-29;3*17-9-5-20(15(23)19-13(9)30)14-11(21)12(22)16(18,27-14)7-26-29(24)25-6-8-3-1-2-4-10(8)28-29/h2-6,13-14,16,22-23H,1,7-8H2,(H,20,30);3*1-5,11-12,14,21-22H,6-7H2,(H,19,23,30)/t13-,14+,16-,17-,29?;3*11-,12+,14-,16-,29?/m1111/s1/i8D2,16D;14D;7D2;. The van der Waals surface area contributed by atoms with E-state index in [1.165, 1.54) is 36.4 Å². The number of aliphatic hydroxyl groups excluding tert-OH is 8. The Morgan fingerprint density at radius 1 is 0.458 bits per heavy atom.